The second-order valence-corrected chi connectivity index (χ2v) is 11.3. The van der Waals surface area contributed by atoms with Crippen molar-refractivity contribution in [3.8, 4) is 5.75 Å². The Labute approximate surface area is 179 Å². The predicted molar refractivity (Wildman–Crippen MR) is 117 cm³/mol. The number of methoxy groups -OCH3 is 1. The highest BCUT2D eigenvalue weighted by Gasteiger charge is 2.44. The summed E-state index contributed by atoms with van der Waals surface area (Å²) in [7, 11) is -1.85. The van der Waals surface area contributed by atoms with Gasteiger partial charge in [-0.05, 0) is 42.5 Å². The first-order valence-corrected chi connectivity index (χ1v) is 11.9. The molecule has 0 aliphatic carbocycles. The van der Waals surface area contributed by atoms with E-state index in [2.05, 4.69) is 4.90 Å². The zero-order valence-electron chi connectivity index (χ0n) is 18.2. The molecule has 2 heterocycles. The molecular formula is C21H33N3O5S. The predicted octanol–water partition coefficient (Wildman–Crippen LogP) is 2.70. The van der Waals surface area contributed by atoms with Gasteiger partial charge in [0.1, 0.15) is 5.75 Å². The third-order valence-corrected chi connectivity index (χ3v) is 8.61. The number of nitrogens with zero attached hydrogens (tertiary/aromatic N) is 3. The molecule has 2 atom stereocenters. The van der Waals surface area contributed by atoms with Crippen LogP contribution < -0.4 is 9.64 Å². The summed E-state index contributed by atoms with van der Waals surface area (Å²) >= 11 is 0. The largest absolute Gasteiger partial charge is 0.497 e. The zero-order valence-corrected chi connectivity index (χ0v) is 19.1. The van der Waals surface area contributed by atoms with Crippen LogP contribution in [-0.4, -0.2) is 79.9 Å². The molecule has 0 bridgehead atoms. The molecule has 8 nitrogen and oxygen atoms in total. The summed E-state index contributed by atoms with van der Waals surface area (Å²) in [5, 5.41) is 9.00. The van der Waals surface area contributed by atoms with Crippen LogP contribution >= 0.6 is 0 Å². The molecule has 0 spiro atoms. The van der Waals surface area contributed by atoms with Crippen LogP contribution in [0.4, 0.5) is 10.5 Å². The minimum atomic E-state index is -3.48. The number of likely N-dealkylation sites (tertiary alicyclic amines) is 1. The number of sulfonamides is 1. The van der Waals surface area contributed by atoms with Crippen molar-refractivity contribution in [3.05, 3.63) is 24.3 Å². The molecule has 1 aromatic carbocycles. The molecule has 2 aliphatic rings. The van der Waals surface area contributed by atoms with E-state index in [0.717, 1.165) is 11.4 Å². The van der Waals surface area contributed by atoms with Crippen molar-refractivity contribution in [2.45, 2.75) is 44.9 Å². The van der Waals surface area contributed by atoms with Crippen molar-refractivity contribution in [1.29, 1.82) is 0 Å². The number of amides is 1. The molecule has 0 saturated carbocycles. The maximum atomic E-state index is 13.3. The van der Waals surface area contributed by atoms with Gasteiger partial charge in [-0.25, -0.2) is 13.2 Å². The highest BCUT2D eigenvalue weighted by Crippen LogP contribution is 2.35. The van der Waals surface area contributed by atoms with Crippen molar-refractivity contribution in [1.82, 2.24) is 9.21 Å². The Hall–Kier alpha value is -2.00. The van der Waals surface area contributed by atoms with E-state index in [9.17, 15) is 18.3 Å². The molecular weight excluding hydrogens is 406 g/mol. The Morgan fingerprint density at radius 2 is 1.67 bits per heavy atom. The summed E-state index contributed by atoms with van der Waals surface area (Å²) in [6.07, 6.45) is -0.282. The van der Waals surface area contributed by atoms with Gasteiger partial charge in [-0.1, -0.05) is 20.8 Å². The minimum absolute atomic E-state index is 0.257. The van der Waals surface area contributed by atoms with Crippen molar-refractivity contribution >= 4 is 21.8 Å². The third-order valence-electron chi connectivity index (χ3n) is 6.26. The highest BCUT2D eigenvalue weighted by molar-refractivity contribution is 7.89. The van der Waals surface area contributed by atoms with Crippen LogP contribution in [0.3, 0.4) is 0 Å². The van der Waals surface area contributed by atoms with Crippen LogP contribution in [0.25, 0.3) is 0 Å². The van der Waals surface area contributed by atoms with Crippen molar-refractivity contribution in [2.24, 2.45) is 5.41 Å². The molecule has 2 fully saturated rings. The number of carbonyl (C=O) groups is 1. The average molecular weight is 440 g/mol. The SMILES string of the molecule is COc1ccc(N2CCN(S(=O)(=O)C3CCN(C(=O)O)C(C(C)(C)C)C3)CC2)cc1. The molecule has 0 radical (unpaired) electrons. The fourth-order valence-electron chi connectivity index (χ4n) is 4.46. The average Bonchev–Trinajstić information content (AvgIpc) is 2.72. The first-order chi connectivity index (χ1) is 14.0. The molecule has 1 amide bonds. The van der Waals surface area contributed by atoms with E-state index in [1.54, 1.807) is 11.4 Å². The van der Waals surface area contributed by atoms with Crippen LogP contribution in [0.15, 0.2) is 24.3 Å². The van der Waals surface area contributed by atoms with E-state index in [4.69, 9.17) is 4.74 Å². The summed E-state index contributed by atoms with van der Waals surface area (Å²) in [5.74, 6) is 0.793. The van der Waals surface area contributed by atoms with Gasteiger partial charge in [-0.3, -0.25) is 0 Å². The molecule has 2 unspecified atom stereocenters. The first-order valence-electron chi connectivity index (χ1n) is 10.4. The Kier molecular flexibility index (Phi) is 6.52. The fraction of sp³-hybridized carbons (Fsp3) is 0.667. The topological polar surface area (TPSA) is 90.4 Å². The molecule has 168 valence electrons. The number of benzene rings is 1. The summed E-state index contributed by atoms with van der Waals surface area (Å²) in [5.41, 5.74) is 0.732. The smallest absolute Gasteiger partial charge is 0.407 e. The van der Waals surface area contributed by atoms with Gasteiger partial charge in [0.2, 0.25) is 10.0 Å². The molecule has 9 heteroatoms. The quantitative estimate of drug-likeness (QED) is 0.776. The number of hydrogen-bond donors (Lipinski definition) is 1. The molecule has 30 heavy (non-hydrogen) atoms. The number of anilines is 1. The molecule has 1 aromatic rings. The second-order valence-electron chi connectivity index (χ2n) is 9.13. The van der Waals surface area contributed by atoms with E-state index in [1.165, 1.54) is 4.90 Å². The lowest BCUT2D eigenvalue weighted by Gasteiger charge is -2.45. The number of carboxylic acid groups (broad SMARTS) is 1. The van der Waals surface area contributed by atoms with Gasteiger partial charge in [0.15, 0.2) is 0 Å². The van der Waals surface area contributed by atoms with Crippen molar-refractivity contribution in [3.63, 3.8) is 0 Å². The molecule has 1 N–H and O–H groups in total. The van der Waals surface area contributed by atoms with Crippen LogP contribution in [0, 0.1) is 5.41 Å². The number of rotatable bonds is 4. The highest BCUT2D eigenvalue weighted by atomic mass is 32.2. The van der Waals surface area contributed by atoms with Crippen molar-refractivity contribution in [2.75, 3.05) is 44.7 Å². The Bertz CT molecular complexity index is 842. The van der Waals surface area contributed by atoms with Crippen molar-refractivity contribution < 1.29 is 23.1 Å². The summed E-state index contributed by atoms with van der Waals surface area (Å²) in [6.45, 7) is 8.29. The van der Waals surface area contributed by atoms with E-state index < -0.39 is 21.4 Å². The second kappa shape index (κ2) is 8.63. The zero-order chi connectivity index (χ0) is 22.1. The lowest BCUT2D eigenvalue weighted by Crippen LogP contribution is -2.57. The van der Waals surface area contributed by atoms with Gasteiger partial charge in [0, 0.05) is 44.5 Å². The fourth-order valence-corrected chi connectivity index (χ4v) is 6.38. The summed E-state index contributed by atoms with van der Waals surface area (Å²) in [4.78, 5) is 15.2. The number of piperazine rings is 1. The maximum Gasteiger partial charge on any atom is 0.407 e. The van der Waals surface area contributed by atoms with Crippen LogP contribution in [0.5, 0.6) is 5.75 Å². The van der Waals surface area contributed by atoms with Gasteiger partial charge in [-0.2, -0.15) is 4.31 Å². The first kappa shape index (κ1) is 22.7. The molecule has 2 aliphatic heterocycles. The minimum Gasteiger partial charge on any atom is -0.497 e. The van der Waals surface area contributed by atoms with Gasteiger partial charge in [-0.15, -0.1) is 0 Å². The van der Waals surface area contributed by atoms with Gasteiger partial charge >= 0.3 is 6.09 Å². The van der Waals surface area contributed by atoms with E-state index in [-0.39, 0.29) is 18.0 Å². The lowest BCUT2D eigenvalue weighted by atomic mass is 9.80. The van der Waals surface area contributed by atoms with Gasteiger partial charge in [0.05, 0.1) is 12.4 Å². The van der Waals surface area contributed by atoms with Crippen LogP contribution in [-0.2, 0) is 10.0 Å². The number of hydrogen-bond acceptors (Lipinski definition) is 5. The normalized spacial score (nSPS) is 24.0. The Balaban J connectivity index is 1.66. The van der Waals surface area contributed by atoms with Crippen LogP contribution in [0.2, 0.25) is 0 Å². The monoisotopic (exact) mass is 439 g/mol. The third kappa shape index (κ3) is 4.67. The molecule has 2 saturated heterocycles. The number of ether oxygens (including phenoxy) is 1. The van der Waals surface area contributed by atoms with Gasteiger partial charge in [0.25, 0.3) is 0 Å². The lowest BCUT2D eigenvalue weighted by molar-refractivity contribution is 0.0598. The standard InChI is InChI=1S/C21H33N3O5S/c1-21(2,3)19-15-18(9-10-24(19)20(25)26)30(27,28)23-13-11-22(12-14-23)16-5-7-17(29-4)8-6-16/h5-8,18-19H,9-15H2,1-4H3,(H,25,26). The number of piperidine rings is 1. The van der Waals surface area contributed by atoms with E-state index >= 15 is 0 Å². The summed E-state index contributed by atoms with van der Waals surface area (Å²) < 4.78 is 33.5. The maximum absolute atomic E-state index is 13.3. The molecule has 3 rings (SSSR count). The Morgan fingerprint density at radius 3 is 2.17 bits per heavy atom. The molecule has 0 aromatic heterocycles. The van der Waals surface area contributed by atoms with E-state index in [1.807, 2.05) is 45.0 Å². The summed E-state index contributed by atoms with van der Waals surface area (Å²) in [6, 6.07) is 7.46. The van der Waals surface area contributed by atoms with Gasteiger partial charge < -0.3 is 19.6 Å². The van der Waals surface area contributed by atoms with Crippen LogP contribution in [0.1, 0.15) is 33.6 Å². The Morgan fingerprint density at radius 1 is 1.07 bits per heavy atom. The van der Waals surface area contributed by atoms with E-state index in [0.29, 0.717) is 39.0 Å².